The van der Waals surface area contributed by atoms with E-state index in [1.165, 1.54) is 4.85 Å². The molecule has 5 heteroatoms. The van der Waals surface area contributed by atoms with Gasteiger partial charge in [-0.1, -0.05) is 17.0 Å². The van der Waals surface area contributed by atoms with Crippen LogP contribution in [0, 0.1) is 0 Å². The van der Waals surface area contributed by atoms with Crippen molar-refractivity contribution in [1.82, 2.24) is 15.2 Å². The summed E-state index contributed by atoms with van der Waals surface area (Å²) in [5, 5.41) is 7.82. The van der Waals surface area contributed by atoms with Gasteiger partial charge in [0.05, 0.1) is 0 Å². The van der Waals surface area contributed by atoms with Gasteiger partial charge in [0.2, 0.25) is 0 Å². The number of nitrogens with zero attached hydrogens (tertiary/aromatic N) is 3. The second kappa shape index (κ2) is 4.28. The van der Waals surface area contributed by atoms with Crippen molar-refractivity contribution in [3.63, 3.8) is 0 Å². The van der Waals surface area contributed by atoms with Gasteiger partial charge >= 0.3 is 0 Å². The molecule has 0 unspecified atom stereocenters. The number of halogens is 1. The van der Waals surface area contributed by atoms with Gasteiger partial charge in [-0.15, -0.1) is 16.7 Å². The van der Waals surface area contributed by atoms with Crippen molar-refractivity contribution in [2.75, 3.05) is 12.5 Å². The van der Waals surface area contributed by atoms with E-state index in [2.05, 4.69) is 10.3 Å². The molecule has 0 aliphatic carbocycles. The van der Waals surface area contributed by atoms with Crippen LogP contribution in [0.25, 0.3) is 11.0 Å². The van der Waals surface area contributed by atoms with Crippen LogP contribution in [0.5, 0.6) is 0 Å². The molecule has 0 aliphatic rings. The Morgan fingerprint density at radius 1 is 1.36 bits per heavy atom. The Kier molecular flexibility index (Phi) is 2.84. The molecule has 2 rings (SSSR count). The summed E-state index contributed by atoms with van der Waals surface area (Å²) in [6.07, 6.45) is 0.801. The molecule has 1 aromatic carbocycles. The Morgan fingerprint density at radius 3 is 3.07 bits per heavy atom. The maximum absolute atomic E-state index is 5.53. The fraction of sp³-hybridized carbons (Fsp3) is 0.333. The zero-order chi connectivity index (χ0) is 9.80. The number of rotatable bonds is 4. The summed E-state index contributed by atoms with van der Waals surface area (Å²) in [6, 6.07) is 7.65. The quantitative estimate of drug-likeness (QED) is 0.568. The summed E-state index contributed by atoms with van der Waals surface area (Å²) < 4.78 is 0. The zero-order valence-corrected chi connectivity index (χ0v) is 8.31. The van der Waals surface area contributed by atoms with Crippen LogP contribution in [-0.4, -0.2) is 27.6 Å². The van der Waals surface area contributed by atoms with E-state index in [0.717, 1.165) is 17.5 Å². The molecule has 1 heterocycles. The molecule has 0 bridgehead atoms. The molecule has 4 nitrogen and oxygen atoms in total. The Balaban J connectivity index is 2.17. The topological polar surface area (TPSA) is 39.9 Å². The van der Waals surface area contributed by atoms with Crippen molar-refractivity contribution in [3.8, 4) is 0 Å². The van der Waals surface area contributed by atoms with E-state index in [4.69, 9.17) is 16.4 Å². The number of alkyl halides is 1. The van der Waals surface area contributed by atoms with E-state index >= 15 is 0 Å². The van der Waals surface area contributed by atoms with E-state index in [9.17, 15) is 0 Å². The highest BCUT2D eigenvalue weighted by atomic mass is 35.5. The lowest BCUT2D eigenvalue weighted by Crippen LogP contribution is -2.14. The van der Waals surface area contributed by atoms with Gasteiger partial charge in [-0.3, -0.25) is 0 Å². The number of benzene rings is 1. The third-order valence-electron chi connectivity index (χ3n) is 1.81. The highest BCUT2D eigenvalue weighted by Crippen LogP contribution is 2.07. The van der Waals surface area contributed by atoms with Crippen molar-refractivity contribution in [2.45, 2.75) is 6.42 Å². The van der Waals surface area contributed by atoms with Crippen LogP contribution < -0.4 is 4.84 Å². The molecule has 0 atom stereocenters. The van der Waals surface area contributed by atoms with Crippen LogP contribution >= 0.6 is 11.6 Å². The number of hydrogen-bond acceptors (Lipinski definition) is 3. The standard InChI is InChI=1S/C9H10ClN3O/c10-6-3-7-14-13-9-5-2-1-4-8(9)11-12-13/h1-2,4-5H,3,6-7H2. The predicted molar refractivity (Wildman–Crippen MR) is 54.3 cm³/mol. The Morgan fingerprint density at radius 2 is 2.21 bits per heavy atom. The monoisotopic (exact) mass is 211 g/mol. The minimum absolute atomic E-state index is 0.552. The van der Waals surface area contributed by atoms with E-state index in [-0.39, 0.29) is 0 Å². The molecular formula is C9H10ClN3O. The first-order valence-corrected chi connectivity index (χ1v) is 4.95. The second-order valence-corrected chi connectivity index (χ2v) is 3.20. The fourth-order valence-electron chi connectivity index (χ4n) is 1.15. The first-order chi connectivity index (χ1) is 6.92. The third kappa shape index (κ3) is 1.80. The van der Waals surface area contributed by atoms with Gasteiger partial charge in [-0.2, -0.15) is 0 Å². The molecule has 0 N–H and O–H groups in total. The lowest BCUT2D eigenvalue weighted by atomic mass is 10.3. The molecule has 74 valence electrons. The highest BCUT2D eigenvalue weighted by Gasteiger charge is 2.02. The molecule has 2 aromatic rings. The molecule has 0 aliphatic heterocycles. The number of para-hydroxylation sites is 1. The fourth-order valence-corrected chi connectivity index (χ4v) is 1.26. The van der Waals surface area contributed by atoms with Gasteiger partial charge in [0.1, 0.15) is 17.6 Å². The summed E-state index contributed by atoms with van der Waals surface area (Å²) in [5.74, 6) is 0.590. The molecular weight excluding hydrogens is 202 g/mol. The van der Waals surface area contributed by atoms with Gasteiger partial charge in [0.25, 0.3) is 0 Å². The number of hydrogen-bond donors (Lipinski definition) is 0. The van der Waals surface area contributed by atoms with Crippen LogP contribution in [0.1, 0.15) is 6.42 Å². The molecule has 0 amide bonds. The average Bonchev–Trinajstić information content (AvgIpc) is 2.63. The van der Waals surface area contributed by atoms with Crippen LogP contribution in [0.4, 0.5) is 0 Å². The molecule has 1 aromatic heterocycles. The Bertz CT molecular complexity index is 415. The van der Waals surface area contributed by atoms with Gasteiger partial charge < -0.3 is 4.84 Å². The Hall–Kier alpha value is -1.29. The van der Waals surface area contributed by atoms with Crippen LogP contribution in [0.15, 0.2) is 24.3 Å². The Labute approximate surface area is 86.4 Å². The minimum atomic E-state index is 0.552. The maximum atomic E-state index is 5.53. The van der Waals surface area contributed by atoms with Gasteiger partial charge in [-0.25, -0.2) is 0 Å². The highest BCUT2D eigenvalue weighted by molar-refractivity contribution is 6.17. The summed E-state index contributed by atoms with van der Waals surface area (Å²) in [6.45, 7) is 0.552. The van der Waals surface area contributed by atoms with Crippen molar-refractivity contribution in [1.29, 1.82) is 0 Å². The first kappa shape index (κ1) is 9.27. The van der Waals surface area contributed by atoms with E-state index in [1.807, 2.05) is 24.3 Å². The molecule has 14 heavy (non-hydrogen) atoms. The van der Waals surface area contributed by atoms with Crippen molar-refractivity contribution in [3.05, 3.63) is 24.3 Å². The van der Waals surface area contributed by atoms with Crippen molar-refractivity contribution in [2.24, 2.45) is 0 Å². The summed E-state index contributed by atoms with van der Waals surface area (Å²) in [7, 11) is 0. The maximum Gasteiger partial charge on any atom is 0.130 e. The van der Waals surface area contributed by atoms with E-state index in [1.54, 1.807) is 0 Å². The SMILES string of the molecule is ClCCCOn1nnc2ccccc21. The van der Waals surface area contributed by atoms with Gasteiger partial charge in [-0.05, 0) is 23.8 Å². The third-order valence-corrected chi connectivity index (χ3v) is 2.08. The van der Waals surface area contributed by atoms with Gasteiger partial charge in [0.15, 0.2) is 0 Å². The zero-order valence-electron chi connectivity index (χ0n) is 7.56. The summed E-state index contributed by atoms with van der Waals surface area (Å²) >= 11 is 5.53. The van der Waals surface area contributed by atoms with Crippen LogP contribution in [-0.2, 0) is 0 Å². The molecule has 0 spiro atoms. The van der Waals surface area contributed by atoms with Crippen molar-refractivity contribution >= 4 is 22.6 Å². The minimum Gasteiger partial charge on any atom is -0.395 e. The molecule has 0 saturated carbocycles. The average molecular weight is 212 g/mol. The normalized spacial score (nSPS) is 10.6. The molecule has 0 saturated heterocycles. The largest absolute Gasteiger partial charge is 0.395 e. The number of aromatic nitrogens is 3. The van der Waals surface area contributed by atoms with E-state index in [0.29, 0.717) is 12.5 Å². The number of fused-ring (bicyclic) bond motifs is 1. The second-order valence-electron chi connectivity index (χ2n) is 2.83. The smallest absolute Gasteiger partial charge is 0.130 e. The van der Waals surface area contributed by atoms with Crippen molar-refractivity contribution < 1.29 is 4.84 Å². The van der Waals surface area contributed by atoms with Gasteiger partial charge in [0, 0.05) is 5.88 Å². The van der Waals surface area contributed by atoms with E-state index < -0.39 is 0 Å². The lowest BCUT2D eigenvalue weighted by molar-refractivity contribution is 0.0883. The predicted octanol–water partition coefficient (Wildman–Crippen LogP) is 1.49. The molecule has 0 fully saturated rings. The molecule has 0 radical (unpaired) electrons. The first-order valence-electron chi connectivity index (χ1n) is 4.41. The summed E-state index contributed by atoms with van der Waals surface area (Å²) in [4.78, 5) is 6.79. The van der Waals surface area contributed by atoms with Crippen LogP contribution in [0.2, 0.25) is 0 Å². The summed E-state index contributed by atoms with van der Waals surface area (Å²) in [5.41, 5.74) is 1.71. The lowest BCUT2D eigenvalue weighted by Gasteiger charge is -2.02. The van der Waals surface area contributed by atoms with Crippen LogP contribution in [0.3, 0.4) is 0 Å².